The number of hydrogen-bond acceptors (Lipinski definition) is 15. The molecule has 0 radical (unpaired) electrons. The standard InChI is InChI=1S/C65H126O17P2/c1-9-55(5)41-33-25-17-15-13-14-16-18-31-39-47-64(69)81-60(51-75-62(67)45-37-29-22-19-26-34-42-56(6)10-2)53-79-83(71,72)77-49-59(66)50-78-84(73,74)80-54-61(82-65(70)48-40-32-24-21-28-36-44-58(8)12-4)52-76-63(68)46-38-30-23-20-27-35-43-57(7)11-3/h55-61,66H,9-54H2,1-8H3,(H,71,72)(H,73,74)/t55?,56?,57?,58?,59-,60+,61+/m0/s1. The third-order valence-electron chi connectivity index (χ3n) is 16.3. The first kappa shape index (κ1) is 82.1. The van der Waals surface area contributed by atoms with Crippen molar-refractivity contribution in [3.63, 3.8) is 0 Å². The lowest BCUT2D eigenvalue weighted by Crippen LogP contribution is -2.30. The summed E-state index contributed by atoms with van der Waals surface area (Å²) in [6, 6.07) is 0. The van der Waals surface area contributed by atoms with Crippen molar-refractivity contribution >= 4 is 39.5 Å². The van der Waals surface area contributed by atoms with E-state index in [0.717, 1.165) is 126 Å². The van der Waals surface area contributed by atoms with Gasteiger partial charge in [-0.2, -0.15) is 0 Å². The van der Waals surface area contributed by atoms with E-state index in [0.29, 0.717) is 25.7 Å². The predicted molar refractivity (Wildman–Crippen MR) is 335 cm³/mol. The second-order valence-electron chi connectivity index (χ2n) is 24.5. The molecule has 3 N–H and O–H groups in total. The maximum Gasteiger partial charge on any atom is 0.472 e. The highest BCUT2D eigenvalue weighted by Crippen LogP contribution is 2.45. The van der Waals surface area contributed by atoms with Gasteiger partial charge in [0.05, 0.1) is 26.4 Å². The number of aliphatic hydroxyl groups is 1. The van der Waals surface area contributed by atoms with E-state index >= 15 is 0 Å². The Morgan fingerprint density at radius 3 is 0.786 bits per heavy atom. The first-order chi connectivity index (χ1) is 40.2. The number of esters is 4. The zero-order valence-electron chi connectivity index (χ0n) is 54.5. The van der Waals surface area contributed by atoms with Crippen LogP contribution in [0.5, 0.6) is 0 Å². The van der Waals surface area contributed by atoms with Gasteiger partial charge >= 0.3 is 39.5 Å². The first-order valence-electron chi connectivity index (χ1n) is 33.9. The van der Waals surface area contributed by atoms with Crippen molar-refractivity contribution in [1.82, 2.24) is 0 Å². The number of unbranched alkanes of at least 4 members (excludes halogenated alkanes) is 24. The molecule has 17 nitrogen and oxygen atoms in total. The number of carbonyl (C=O) groups is 4. The van der Waals surface area contributed by atoms with Crippen LogP contribution in [0.4, 0.5) is 0 Å². The van der Waals surface area contributed by atoms with Crippen molar-refractivity contribution in [2.24, 2.45) is 23.7 Å². The molecule has 498 valence electrons. The Morgan fingerprint density at radius 2 is 0.536 bits per heavy atom. The molecule has 0 heterocycles. The molecule has 0 aromatic heterocycles. The van der Waals surface area contributed by atoms with Gasteiger partial charge < -0.3 is 33.8 Å². The zero-order valence-corrected chi connectivity index (χ0v) is 56.3. The lowest BCUT2D eigenvalue weighted by atomic mass is 9.99. The van der Waals surface area contributed by atoms with Gasteiger partial charge in [0.15, 0.2) is 12.2 Å². The van der Waals surface area contributed by atoms with Gasteiger partial charge in [0.1, 0.15) is 19.3 Å². The molecule has 0 aromatic carbocycles. The Kier molecular flexibility index (Phi) is 53.9. The third kappa shape index (κ3) is 54.2. The van der Waals surface area contributed by atoms with Crippen LogP contribution in [0.15, 0.2) is 0 Å². The topological polar surface area (TPSA) is 237 Å². The first-order valence-corrected chi connectivity index (χ1v) is 36.8. The van der Waals surface area contributed by atoms with E-state index in [1.165, 1.54) is 103 Å². The van der Waals surface area contributed by atoms with E-state index in [2.05, 4.69) is 55.4 Å². The average molecular weight is 1240 g/mol. The monoisotopic (exact) mass is 1240 g/mol. The molecule has 0 saturated heterocycles. The minimum absolute atomic E-state index is 0.101. The van der Waals surface area contributed by atoms with Crippen molar-refractivity contribution in [3.05, 3.63) is 0 Å². The highest BCUT2D eigenvalue weighted by Gasteiger charge is 2.30. The maximum atomic E-state index is 13.0. The van der Waals surface area contributed by atoms with Crippen molar-refractivity contribution in [3.8, 4) is 0 Å². The molecule has 9 atom stereocenters. The van der Waals surface area contributed by atoms with E-state index in [1.807, 2.05) is 0 Å². The molecule has 0 saturated carbocycles. The Balaban J connectivity index is 5.27. The molecule has 0 aromatic rings. The van der Waals surface area contributed by atoms with Gasteiger partial charge in [0, 0.05) is 25.7 Å². The molecule has 0 spiro atoms. The fraction of sp³-hybridized carbons (Fsp3) is 0.938. The summed E-state index contributed by atoms with van der Waals surface area (Å²) in [5, 5.41) is 10.5. The van der Waals surface area contributed by atoms with Crippen LogP contribution in [0, 0.1) is 23.7 Å². The van der Waals surface area contributed by atoms with E-state index in [4.69, 9.17) is 37.0 Å². The molecular formula is C65H126O17P2. The van der Waals surface area contributed by atoms with Crippen molar-refractivity contribution in [2.45, 2.75) is 331 Å². The second-order valence-corrected chi connectivity index (χ2v) is 27.4. The predicted octanol–water partition coefficient (Wildman–Crippen LogP) is 17.8. The average Bonchev–Trinajstić information content (AvgIpc) is 3.47. The summed E-state index contributed by atoms with van der Waals surface area (Å²) in [7, 11) is -9.89. The number of hydrogen-bond donors (Lipinski definition) is 3. The molecule has 0 aliphatic rings. The van der Waals surface area contributed by atoms with E-state index in [1.54, 1.807) is 0 Å². The van der Waals surface area contributed by atoms with Crippen LogP contribution in [0.1, 0.15) is 312 Å². The van der Waals surface area contributed by atoms with Crippen LogP contribution in [0.3, 0.4) is 0 Å². The number of aliphatic hydroxyl groups excluding tert-OH is 1. The summed E-state index contributed by atoms with van der Waals surface area (Å²) < 4.78 is 68.0. The van der Waals surface area contributed by atoms with E-state index in [9.17, 15) is 43.2 Å². The Labute approximate surface area is 511 Å². The molecule has 6 unspecified atom stereocenters. The lowest BCUT2D eigenvalue weighted by Gasteiger charge is -2.21. The molecule has 0 rings (SSSR count). The quantitative estimate of drug-likeness (QED) is 0.0222. The molecule has 0 aliphatic heterocycles. The van der Waals surface area contributed by atoms with Gasteiger partial charge in [-0.1, -0.05) is 261 Å². The molecule has 0 amide bonds. The SMILES string of the molecule is CCC(C)CCCCCCCCCCCCC(=O)O[C@H](COC(=O)CCCCCCCCC(C)CC)COP(=O)(O)OC[C@H](O)COP(=O)(O)OC[C@@H](COC(=O)CCCCCCCCC(C)CC)OC(=O)CCCCCCCCC(C)CC. The fourth-order valence-electron chi connectivity index (χ4n) is 9.48. The highest BCUT2D eigenvalue weighted by atomic mass is 31.2. The molecule has 0 aliphatic carbocycles. The van der Waals surface area contributed by atoms with E-state index < -0.39 is 97.5 Å². The summed E-state index contributed by atoms with van der Waals surface area (Å²) in [5.41, 5.74) is 0. The number of phosphoric ester groups is 2. The Bertz CT molecular complexity index is 1690. The van der Waals surface area contributed by atoms with Gasteiger partial charge in [-0.3, -0.25) is 37.3 Å². The van der Waals surface area contributed by atoms with Gasteiger partial charge in [-0.25, -0.2) is 9.13 Å². The van der Waals surface area contributed by atoms with Crippen LogP contribution in [-0.4, -0.2) is 96.7 Å². The number of phosphoric acid groups is 2. The molecule has 19 heteroatoms. The molecular weight excluding hydrogens is 1110 g/mol. The largest absolute Gasteiger partial charge is 0.472 e. The zero-order chi connectivity index (χ0) is 62.5. The van der Waals surface area contributed by atoms with Crippen molar-refractivity contribution in [2.75, 3.05) is 39.6 Å². The van der Waals surface area contributed by atoms with E-state index in [-0.39, 0.29) is 25.7 Å². The van der Waals surface area contributed by atoms with Crippen LogP contribution < -0.4 is 0 Å². The fourth-order valence-corrected chi connectivity index (χ4v) is 11.1. The van der Waals surface area contributed by atoms with Crippen LogP contribution in [-0.2, 0) is 65.4 Å². The smallest absolute Gasteiger partial charge is 0.462 e. The Hall–Kier alpha value is -1.94. The minimum atomic E-state index is -4.95. The normalized spacial score (nSPS) is 15.7. The number of carbonyl (C=O) groups excluding carboxylic acids is 4. The van der Waals surface area contributed by atoms with Gasteiger partial charge in [0.2, 0.25) is 0 Å². The maximum absolute atomic E-state index is 13.0. The number of rotatable bonds is 62. The minimum Gasteiger partial charge on any atom is -0.462 e. The summed E-state index contributed by atoms with van der Waals surface area (Å²) in [5.74, 6) is 0.844. The summed E-state index contributed by atoms with van der Waals surface area (Å²) in [6.45, 7) is 14.0. The van der Waals surface area contributed by atoms with Crippen LogP contribution in [0.25, 0.3) is 0 Å². The van der Waals surface area contributed by atoms with Crippen molar-refractivity contribution in [1.29, 1.82) is 0 Å². The van der Waals surface area contributed by atoms with Gasteiger partial charge in [0.25, 0.3) is 0 Å². The molecule has 0 fully saturated rings. The van der Waals surface area contributed by atoms with Gasteiger partial charge in [-0.15, -0.1) is 0 Å². The van der Waals surface area contributed by atoms with Crippen molar-refractivity contribution < 1.29 is 80.2 Å². The summed E-state index contributed by atoms with van der Waals surface area (Å²) in [4.78, 5) is 72.3. The molecule has 84 heavy (non-hydrogen) atoms. The van der Waals surface area contributed by atoms with Crippen LogP contribution >= 0.6 is 15.6 Å². The van der Waals surface area contributed by atoms with Crippen LogP contribution in [0.2, 0.25) is 0 Å². The lowest BCUT2D eigenvalue weighted by molar-refractivity contribution is -0.161. The summed E-state index contributed by atoms with van der Waals surface area (Å²) >= 11 is 0. The number of ether oxygens (including phenoxy) is 4. The third-order valence-corrected chi connectivity index (χ3v) is 18.2. The highest BCUT2D eigenvalue weighted by molar-refractivity contribution is 7.47. The molecule has 0 bridgehead atoms. The van der Waals surface area contributed by atoms with Gasteiger partial charge in [-0.05, 0) is 49.4 Å². The Morgan fingerprint density at radius 1 is 0.321 bits per heavy atom. The second kappa shape index (κ2) is 55.2. The summed E-state index contributed by atoms with van der Waals surface area (Å²) in [6.07, 6.45) is 34.8.